The molecule has 0 atom stereocenters. The highest BCUT2D eigenvalue weighted by Crippen LogP contribution is 2.31. The van der Waals surface area contributed by atoms with Crippen LogP contribution in [0.25, 0.3) is 10.2 Å². The highest BCUT2D eigenvalue weighted by atomic mass is 32.2. The van der Waals surface area contributed by atoms with E-state index in [9.17, 15) is 9.59 Å². The molecule has 1 aliphatic carbocycles. The van der Waals surface area contributed by atoms with Crippen LogP contribution in [0, 0.1) is 6.92 Å². The highest BCUT2D eigenvalue weighted by molar-refractivity contribution is 8.02. The molecule has 0 aliphatic heterocycles. The predicted molar refractivity (Wildman–Crippen MR) is 116 cm³/mol. The molecule has 0 spiro atoms. The molecule has 146 valence electrons. The summed E-state index contributed by atoms with van der Waals surface area (Å²) in [6, 6.07) is 6.02. The summed E-state index contributed by atoms with van der Waals surface area (Å²) < 4.78 is 2.62. The van der Waals surface area contributed by atoms with Crippen molar-refractivity contribution in [2.45, 2.75) is 34.5 Å². The fourth-order valence-electron chi connectivity index (χ4n) is 2.33. The Morgan fingerprint density at radius 3 is 2.64 bits per heavy atom. The monoisotopic (exact) mass is 451 g/mol. The molecule has 1 fully saturated rings. The van der Waals surface area contributed by atoms with Crippen molar-refractivity contribution in [3.05, 3.63) is 23.2 Å². The van der Waals surface area contributed by atoms with Crippen molar-refractivity contribution in [2.75, 3.05) is 16.8 Å². The van der Waals surface area contributed by atoms with E-state index in [0.717, 1.165) is 42.4 Å². The van der Waals surface area contributed by atoms with Gasteiger partial charge in [-0.25, -0.2) is 4.98 Å². The minimum Gasteiger partial charge on any atom is -0.353 e. The van der Waals surface area contributed by atoms with Crippen molar-refractivity contribution in [2.24, 2.45) is 0 Å². The normalized spacial score (nSPS) is 13.6. The van der Waals surface area contributed by atoms with Crippen LogP contribution in [0.3, 0.4) is 0 Å². The minimum absolute atomic E-state index is 0.0582. The lowest BCUT2D eigenvalue weighted by Gasteiger charge is -2.03. The van der Waals surface area contributed by atoms with E-state index in [0.29, 0.717) is 11.8 Å². The van der Waals surface area contributed by atoms with E-state index in [2.05, 4.69) is 25.8 Å². The van der Waals surface area contributed by atoms with Gasteiger partial charge in [-0.1, -0.05) is 34.9 Å². The van der Waals surface area contributed by atoms with Gasteiger partial charge in [0.2, 0.25) is 11.8 Å². The maximum atomic E-state index is 12.2. The lowest BCUT2D eigenvalue weighted by Crippen LogP contribution is -2.26. The van der Waals surface area contributed by atoms with Crippen LogP contribution in [0.5, 0.6) is 0 Å². The van der Waals surface area contributed by atoms with Crippen LogP contribution in [0.4, 0.5) is 5.69 Å². The van der Waals surface area contributed by atoms with E-state index >= 15 is 0 Å². The molecule has 2 N–H and O–H groups in total. The summed E-state index contributed by atoms with van der Waals surface area (Å²) in [5.41, 5.74) is 1.60. The Balaban J connectivity index is 1.31. The fourth-order valence-corrected chi connectivity index (χ4v) is 5.86. The second-order valence-corrected chi connectivity index (χ2v) is 10.9. The summed E-state index contributed by atoms with van der Waals surface area (Å²) in [7, 11) is 0. The molecular weight excluding hydrogens is 434 g/mol. The molecule has 4 rings (SSSR count). The highest BCUT2D eigenvalue weighted by Gasteiger charge is 2.23. The molecule has 1 saturated carbocycles. The lowest BCUT2D eigenvalue weighted by molar-refractivity contribution is -0.118. The first-order valence-electron chi connectivity index (χ1n) is 8.61. The van der Waals surface area contributed by atoms with Gasteiger partial charge in [-0.2, -0.15) is 0 Å². The number of aromatic nitrogens is 3. The van der Waals surface area contributed by atoms with E-state index < -0.39 is 0 Å². The molecule has 2 aromatic heterocycles. The number of fused-ring (bicyclic) bond motifs is 1. The average molecular weight is 452 g/mol. The van der Waals surface area contributed by atoms with Gasteiger partial charge in [0.05, 0.1) is 21.7 Å². The Labute approximate surface area is 178 Å². The Bertz CT molecular complexity index is 1010. The van der Waals surface area contributed by atoms with Crippen molar-refractivity contribution in [3.63, 3.8) is 0 Å². The Hall–Kier alpha value is -1.69. The number of amides is 2. The number of carbonyl (C=O) groups is 2. The number of nitrogens with one attached hydrogen (secondary N) is 2. The molecule has 0 saturated heterocycles. The number of nitrogens with zero attached hydrogens (tertiary/aromatic N) is 3. The zero-order chi connectivity index (χ0) is 19.5. The summed E-state index contributed by atoms with van der Waals surface area (Å²) >= 11 is 5.82. The molecule has 3 aromatic rings. The van der Waals surface area contributed by atoms with Crippen LogP contribution in [0.1, 0.15) is 17.8 Å². The smallest absolute Gasteiger partial charge is 0.234 e. The first-order valence-corrected chi connectivity index (χ1v) is 12.2. The van der Waals surface area contributed by atoms with Crippen molar-refractivity contribution in [3.8, 4) is 0 Å². The van der Waals surface area contributed by atoms with Crippen LogP contribution in [0.15, 0.2) is 26.9 Å². The second kappa shape index (κ2) is 8.76. The SMILES string of the molecule is Cc1nnc(SCC(=O)Nc2ccc3nc(SCC(=O)NC4CC4)sc3c2)s1. The van der Waals surface area contributed by atoms with Crippen molar-refractivity contribution in [1.29, 1.82) is 0 Å². The molecule has 28 heavy (non-hydrogen) atoms. The molecule has 2 amide bonds. The average Bonchev–Trinajstić information content (AvgIpc) is 3.22. The maximum absolute atomic E-state index is 12.2. The van der Waals surface area contributed by atoms with Gasteiger partial charge in [-0.05, 0) is 38.0 Å². The molecule has 7 nitrogen and oxygen atoms in total. The molecule has 1 aliphatic rings. The number of anilines is 1. The van der Waals surface area contributed by atoms with Crippen LogP contribution in [0.2, 0.25) is 0 Å². The Morgan fingerprint density at radius 2 is 1.89 bits per heavy atom. The van der Waals surface area contributed by atoms with Gasteiger partial charge in [0.15, 0.2) is 8.68 Å². The minimum atomic E-state index is -0.0898. The van der Waals surface area contributed by atoms with Crippen LogP contribution >= 0.6 is 46.2 Å². The number of hydrogen-bond donors (Lipinski definition) is 2. The summed E-state index contributed by atoms with van der Waals surface area (Å²) in [6.07, 6.45) is 2.18. The van der Waals surface area contributed by atoms with Crippen LogP contribution in [-0.4, -0.2) is 44.5 Å². The molecule has 0 bridgehead atoms. The summed E-state index contributed by atoms with van der Waals surface area (Å²) in [5, 5.41) is 14.7. The van der Waals surface area contributed by atoms with Gasteiger partial charge in [0.25, 0.3) is 0 Å². The van der Waals surface area contributed by atoms with Crippen molar-refractivity contribution in [1.82, 2.24) is 20.5 Å². The molecule has 1 aromatic carbocycles. The fraction of sp³-hybridized carbons (Fsp3) is 0.353. The standard InChI is InChI=1S/C17H17N5O2S4/c1-9-21-22-17(27-9)26-8-15(24)19-11-4-5-12-13(6-11)28-16(20-12)25-7-14(23)18-10-2-3-10/h4-6,10H,2-3,7-8H2,1H3,(H,18,23)(H,19,24). The van der Waals surface area contributed by atoms with E-state index in [1.165, 1.54) is 46.2 Å². The van der Waals surface area contributed by atoms with Gasteiger partial charge in [-0.3, -0.25) is 9.59 Å². The second-order valence-electron chi connectivity index (χ2n) is 6.22. The molecule has 11 heteroatoms. The van der Waals surface area contributed by atoms with Gasteiger partial charge < -0.3 is 10.6 Å². The van der Waals surface area contributed by atoms with Crippen molar-refractivity contribution < 1.29 is 9.59 Å². The third-order valence-electron chi connectivity index (χ3n) is 3.76. The van der Waals surface area contributed by atoms with E-state index in [4.69, 9.17) is 0 Å². The maximum Gasteiger partial charge on any atom is 0.234 e. The topological polar surface area (TPSA) is 96.9 Å². The first kappa shape index (κ1) is 19.6. The van der Waals surface area contributed by atoms with Crippen LogP contribution in [-0.2, 0) is 9.59 Å². The van der Waals surface area contributed by atoms with E-state index in [1.54, 1.807) is 0 Å². The summed E-state index contributed by atoms with van der Waals surface area (Å²) in [6.45, 7) is 1.89. The van der Waals surface area contributed by atoms with E-state index in [1.807, 2.05) is 25.1 Å². The Morgan fingerprint density at radius 1 is 1.11 bits per heavy atom. The quantitative estimate of drug-likeness (QED) is 0.506. The van der Waals surface area contributed by atoms with E-state index in [-0.39, 0.29) is 17.6 Å². The zero-order valence-corrected chi connectivity index (χ0v) is 18.2. The number of rotatable bonds is 8. The third kappa shape index (κ3) is 5.43. The third-order valence-corrected chi connectivity index (χ3v) is 7.89. The van der Waals surface area contributed by atoms with Gasteiger partial charge >= 0.3 is 0 Å². The van der Waals surface area contributed by atoms with Crippen molar-refractivity contribution >= 4 is 73.9 Å². The number of carbonyl (C=O) groups excluding carboxylic acids is 2. The Kier molecular flexibility index (Phi) is 6.14. The molecule has 2 heterocycles. The molecular formula is C17H17N5O2S4. The summed E-state index contributed by atoms with van der Waals surface area (Å²) in [4.78, 5) is 28.5. The summed E-state index contributed by atoms with van der Waals surface area (Å²) in [5.74, 6) is 0.630. The number of hydrogen-bond acceptors (Lipinski definition) is 9. The number of thioether (sulfide) groups is 2. The number of thiazole rings is 1. The predicted octanol–water partition coefficient (Wildman–Crippen LogP) is 3.56. The van der Waals surface area contributed by atoms with Gasteiger partial charge in [-0.15, -0.1) is 21.5 Å². The number of benzene rings is 1. The lowest BCUT2D eigenvalue weighted by atomic mass is 10.3. The molecule has 0 unspecified atom stereocenters. The number of aryl methyl sites for hydroxylation is 1. The zero-order valence-electron chi connectivity index (χ0n) is 14.9. The van der Waals surface area contributed by atoms with Gasteiger partial charge in [0.1, 0.15) is 5.01 Å². The van der Waals surface area contributed by atoms with Crippen LogP contribution < -0.4 is 10.6 Å². The first-order chi connectivity index (χ1) is 13.5. The largest absolute Gasteiger partial charge is 0.353 e. The molecule has 0 radical (unpaired) electrons. The van der Waals surface area contributed by atoms with Gasteiger partial charge in [0, 0.05) is 11.7 Å².